The van der Waals surface area contributed by atoms with Crippen LogP contribution in [-0.2, 0) is 18.2 Å². The normalized spacial score (nSPS) is 15.8. The summed E-state index contributed by atoms with van der Waals surface area (Å²) >= 11 is 0. The molecule has 36 heavy (non-hydrogen) atoms. The maximum absolute atomic E-state index is 13.5. The first kappa shape index (κ1) is 22.5. The van der Waals surface area contributed by atoms with Crippen molar-refractivity contribution in [1.29, 1.82) is 0 Å². The van der Waals surface area contributed by atoms with Crippen molar-refractivity contribution < 1.29 is 14.3 Å². The molecule has 0 unspecified atom stereocenters. The number of ether oxygens (including phenoxy) is 1. The molecule has 0 N–H and O–H groups in total. The van der Waals surface area contributed by atoms with Crippen molar-refractivity contribution >= 4 is 23.2 Å². The number of amides is 1. The number of carbonyl (C=O) groups is 2. The lowest BCUT2D eigenvalue weighted by molar-refractivity contribution is 0.0647. The van der Waals surface area contributed by atoms with Crippen molar-refractivity contribution in [2.45, 2.75) is 12.8 Å². The van der Waals surface area contributed by atoms with Crippen LogP contribution in [0.15, 0.2) is 54.9 Å². The third kappa shape index (κ3) is 4.05. The Morgan fingerprint density at radius 2 is 1.81 bits per heavy atom. The van der Waals surface area contributed by atoms with E-state index in [1.807, 2.05) is 42.6 Å². The molecule has 0 atom stereocenters. The number of carbonyl (C=O) groups excluding carboxylic acids is 2. The molecule has 0 saturated carbocycles. The van der Waals surface area contributed by atoms with Gasteiger partial charge in [-0.2, -0.15) is 5.10 Å². The fourth-order valence-electron chi connectivity index (χ4n) is 4.89. The number of morpholine rings is 1. The highest BCUT2D eigenvalue weighted by molar-refractivity contribution is 6.07. The summed E-state index contributed by atoms with van der Waals surface area (Å²) in [4.78, 5) is 35.3. The molecule has 0 aliphatic carbocycles. The zero-order valence-corrected chi connectivity index (χ0v) is 20.3. The topological polar surface area (TPSA) is 85.0 Å². The third-order valence-electron chi connectivity index (χ3n) is 6.95. The Kier molecular flexibility index (Phi) is 5.77. The number of imidazole rings is 1. The zero-order chi connectivity index (χ0) is 24.6. The van der Waals surface area contributed by atoms with E-state index < -0.39 is 0 Å². The fraction of sp³-hybridized carbons (Fsp3) is 0.333. The first-order chi connectivity index (χ1) is 17.6. The number of hydrogen-bond donors (Lipinski definition) is 0. The number of aryl methyl sites for hydroxylation is 1. The van der Waals surface area contributed by atoms with Gasteiger partial charge < -0.3 is 14.5 Å². The SMILES string of the molecule is Cn1ncc(C(=O)N2CCC2)c1C(=O)Cc1cc(N2CCOCC2)n2cc(-c3ccccc3)nc2c1. The summed E-state index contributed by atoms with van der Waals surface area (Å²) in [5, 5.41) is 4.23. The monoisotopic (exact) mass is 484 g/mol. The van der Waals surface area contributed by atoms with Crippen LogP contribution < -0.4 is 4.90 Å². The standard InChI is InChI=1S/C27H28N6O3/c1-30-26(21(17-28-30)27(35)32-8-5-9-32)23(34)14-19-15-24-29-22(20-6-3-2-4-7-20)18-33(24)25(16-19)31-10-12-36-13-11-31/h2-4,6-7,15-18H,5,8-14H2,1H3. The second-order valence-electron chi connectivity index (χ2n) is 9.32. The largest absolute Gasteiger partial charge is 0.378 e. The second-order valence-corrected chi connectivity index (χ2v) is 9.32. The summed E-state index contributed by atoms with van der Waals surface area (Å²) in [6, 6.07) is 14.1. The molecule has 9 heteroatoms. The fourth-order valence-corrected chi connectivity index (χ4v) is 4.89. The first-order valence-corrected chi connectivity index (χ1v) is 12.3. The molecule has 0 spiro atoms. The van der Waals surface area contributed by atoms with Crippen LogP contribution in [0.5, 0.6) is 0 Å². The van der Waals surface area contributed by atoms with Crippen LogP contribution in [0, 0.1) is 0 Å². The number of nitrogens with zero attached hydrogens (tertiary/aromatic N) is 6. The molecular formula is C27H28N6O3. The van der Waals surface area contributed by atoms with Crippen LogP contribution in [0.25, 0.3) is 16.9 Å². The van der Waals surface area contributed by atoms with Crippen molar-refractivity contribution in [3.05, 3.63) is 71.7 Å². The lowest BCUT2D eigenvalue weighted by Crippen LogP contribution is -2.42. The van der Waals surface area contributed by atoms with E-state index in [1.54, 1.807) is 11.9 Å². The number of rotatable bonds is 6. The van der Waals surface area contributed by atoms with Crippen molar-refractivity contribution in [3.63, 3.8) is 0 Å². The van der Waals surface area contributed by atoms with E-state index in [2.05, 4.69) is 20.5 Å². The number of anilines is 1. The number of aromatic nitrogens is 4. The summed E-state index contributed by atoms with van der Waals surface area (Å²) in [5.41, 5.74) is 4.28. The lowest BCUT2D eigenvalue weighted by Gasteiger charge is -2.30. The van der Waals surface area contributed by atoms with Gasteiger partial charge >= 0.3 is 0 Å². The van der Waals surface area contributed by atoms with Gasteiger partial charge in [0.25, 0.3) is 5.91 Å². The number of fused-ring (bicyclic) bond motifs is 1. The molecule has 2 fully saturated rings. The highest BCUT2D eigenvalue weighted by atomic mass is 16.5. The zero-order valence-electron chi connectivity index (χ0n) is 20.3. The Morgan fingerprint density at radius 1 is 1.03 bits per heavy atom. The van der Waals surface area contributed by atoms with Crippen molar-refractivity contribution in [3.8, 4) is 11.3 Å². The van der Waals surface area contributed by atoms with Gasteiger partial charge in [0.15, 0.2) is 5.78 Å². The number of benzene rings is 1. The Hall–Kier alpha value is -3.98. The summed E-state index contributed by atoms with van der Waals surface area (Å²) in [7, 11) is 1.71. The number of hydrogen-bond acceptors (Lipinski definition) is 6. The van der Waals surface area contributed by atoms with Crippen LogP contribution in [0.4, 0.5) is 5.82 Å². The van der Waals surface area contributed by atoms with Gasteiger partial charge in [-0.3, -0.25) is 18.7 Å². The Morgan fingerprint density at radius 3 is 2.53 bits per heavy atom. The molecule has 4 aromatic rings. The maximum atomic E-state index is 13.5. The molecule has 0 bridgehead atoms. The van der Waals surface area contributed by atoms with E-state index in [0.717, 1.165) is 60.9 Å². The molecule has 0 radical (unpaired) electrons. The number of Topliss-reactive ketones (excluding diaryl/α,β-unsaturated/α-hetero) is 1. The van der Waals surface area contributed by atoms with Crippen molar-refractivity contribution in [2.24, 2.45) is 7.05 Å². The maximum Gasteiger partial charge on any atom is 0.257 e. The highest BCUT2D eigenvalue weighted by Crippen LogP contribution is 2.27. The second kappa shape index (κ2) is 9.23. The van der Waals surface area contributed by atoms with Gasteiger partial charge in [0, 0.05) is 51.4 Å². The van der Waals surface area contributed by atoms with Gasteiger partial charge in [-0.25, -0.2) is 4.98 Å². The van der Waals surface area contributed by atoms with Gasteiger partial charge in [0.1, 0.15) is 17.2 Å². The molecule has 184 valence electrons. The van der Waals surface area contributed by atoms with Crippen LogP contribution in [-0.4, -0.2) is 75.1 Å². The van der Waals surface area contributed by atoms with Gasteiger partial charge in [0.05, 0.1) is 30.7 Å². The predicted molar refractivity (Wildman–Crippen MR) is 135 cm³/mol. The summed E-state index contributed by atoms with van der Waals surface area (Å²) < 4.78 is 9.17. The number of likely N-dealkylation sites (tertiary alicyclic amines) is 1. The minimum Gasteiger partial charge on any atom is -0.378 e. The van der Waals surface area contributed by atoms with Crippen LogP contribution >= 0.6 is 0 Å². The van der Waals surface area contributed by atoms with E-state index in [9.17, 15) is 9.59 Å². The van der Waals surface area contributed by atoms with Gasteiger partial charge in [-0.15, -0.1) is 0 Å². The summed E-state index contributed by atoms with van der Waals surface area (Å²) in [6.45, 7) is 4.29. The third-order valence-corrected chi connectivity index (χ3v) is 6.95. The molecular weight excluding hydrogens is 456 g/mol. The number of pyridine rings is 1. The average molecular weight is 485 g/mol. The van der Waals surface area contributed by atoms with E-state index >= 15 is 0 Å². The molecule has 3 aromatic heterocycles. The van der Waals surface area contributed by atoms with E-state index in [0.29, 0.717) is 24.5 Å². The van der Waals surface area contributed by atoms with Crippen LogP contribution in [0.2, 0.25) is 0 Å². The minimum absolute atomic E-state index is 0.122. The van der Waals surface area contributed by atoms with Crippen molar-refractivity contribution in [1.82, 2.24) is 24.1 Å². The highest BCUT2D eigenvalue weighted by Gasteiger charge is 2.29. The quantitative estimate of drug-likeness (QED) is 0.392. The molecule has 6 rings (SSSR count). The summed E-state index contributed by atoms with van der Waals surface area (Å²) in [5.74, 6) is 0.726. The molecule has 5 heterocycles. The van der Waals surface area contributed by atoms with E-state index in [4.69, 9.17) is 9.72 Å². The molecule has 9 nitrogen and oxygen atoms in total. The van der Waals surface area contributed by atoms with Crippen LogP contribution in [0.3, 0.4) is 0 Å². The smallest absolute Gasteiger partial charge is 0.257 e. The van der Waals surface area contributed by atoms with Gasteiger partial charge in [-0.05, 0) is 24.1 Å². The van der Waals surface area contributed by atoms with Gasteiger partial charge in [0.2, 0.25) is 0 Å². The Balaban J connectivity index is 1.37. The molecule has 1 aromatic carbocycles. The Bertz CT molecular complexity index is 1430. The predicted octanol–water partition coefficient (Wildman–Crippen LogP) is 2.84. The number of ketones is 1. The average Bonchev–Trinajstić information content (AvgIpc) is 3.47. The molecule has 1 amide bonds. The molecule has 2 aliphatic rings. The summed E-state index contributed by atoms with van der Waals surface area (Å²) in [6.07, 6.45) is 4.71. The van der Waals surface area contributed by atoms with Crippen molar-refractivity contribution in [2.75, 3.05) is 44.3 Å². The van der Waals surface area contributed by atoms with E-state index in [-0.39, 0.29) is 18.1 Å². The molecule has 2 saturated heterocycles. The first-order valence-electron chi connectivity index (χ1n) is 12.3. The molecule has 2 aliphatic heterocycles. The lowest BCUT2D eigenvalue weighted by atomic mass is 10.0. The Labute approximate surface area is 208 Å². The van der Waals surface area contributed by atoms with Gasteiger partial charge in [-0.1, -0.05) is 30.3 Å². The van der Waals surface area contributed by atoms with Crippen LogP contribution in [0.1, 0.15) is 32.8 Å². The minimum atomic E-state index is -0.133. The van der Waals surface area contributed by atoms with E-state index in [1.165, 1.54) is 10.9 Å².